The normalized spacial score (nSPS) is 10.5. The Bertz CT molecular complexity index is 741. The molecule has 0 amide bonds. The van der Waals surface area contributed by atoms with Gasteiger partial charge < -0.3 is 0 Å². The Morgan fingerprint density at radius 1 is 0.864 bits per heavy atom. The van der Waals surface area contributed by atoms with Gasteiger partial charge in [0.2, 0.25) is 0 Å². The van der Waals surface area contributed by atoms with Gasteiger partial charge in [0.15, 0.2) is 0 Å². The molecule has 0 unspecified atom stereocenters. The third kappa shape index (κ3) is 3.06. The maximum absolute atomic E-state index is 6.00. The fraction of sp³-hybridized carbons (Fsp3) is 0.0588. The third-order valence-corrected chi connectivity index (χ3v) is 3.89. The van der Waals surface area contributed by atoms with Crippen molar-refractivity contribution in [1.82, 2.24) is 14.8 Å². The van der Waals surface area contributed by atoms with Crippen LogP contribution in [0.15, 0.2) is 61.2 Å². The van der Waals surface area contributed by atoms with Gasteiger partial charge >= 0.3 is 0 Å². The largest absolute Gasteiger partial charge is 0.225 e. The summed E-state index contributed by atoms with van der Waals surface area (Å²) in [6, 6.07) is 15.5. The van der Waals surface area contributed by atoms with Crippen molar-refractivity contribution in [1.29, 1.82) is 0 Å². The molecular weight excluding hydrogens is 317 g/mol. The van der Waals surface area contributed by atoms with Crippen LogP contribution in [0.5, 0.6) is 0 Å². The quantitative estimate of drug-likeness (QED) is 0.675. The van der Waals surface area contributed by atoms with E-state index in [9.17, 15) is 0 Å². The van der Waals surface area contributed by atoms with E-state index in [2.05, 4.69) is 10.1 Å². The first-order chi connectivity index (χ1) is 10.6. The predicted molar refractivity (Wildman–Crippen MR) is 90.8 cm³/mol. The number of aromatic nitrogens is 3. The summed E-state index contributed by atoms with van der Waals surface area (Å²) < 4.78 is 1.75. The average Bonchev–Trinajstić information content (AvgIpc) is 3.05. The number of allylic oxidation sites excluding steroid dienone is 1. The van der Waals surface area contributed by atoms with Crippen molar-refractivity contribution < 1.29 is 0 Å². The van der Waals surface area contributed by atoms with Crippen molar-refractivity contribution in [2.75, 3.05) is 0 Å². The molecule has 0 spiro atoms. The van der Waals surface area contributed by atoms with E-state index in [-0.39, 0.29) is 0 Å². The summed E-state index contributed by atoms with van der Waals surface area (Å²) in [5.74, 6) is 0. The van der Waals surface area contributed by atoms with Gasteiger partial charge in [-0.05, 0) is 42.3 Å². The van der Waals surface area contributed by atoms with E-state index in [1.54, 1.807) is 11.0 Å². The molecule has 0 saturated heterocycles. The highest BCUT2D eigenvalue weighted by Gasteiger charge is 2.11. The standard InChI is InChI=1S/C17H13Cl2N3/c1-12(22-11-20-10-21-22)17(13-2-6-15(18)7-3-13)14-4-8-16(19)9-5-14/h2-11H,1H3. The molecule has 0 N–H and O–H groups in total. The zero-order valence-corrected chi connectivity index (χ0v) is 13.4. The number of nitrogens with zero attached hydrogens (tertiary/aromatic N) is 3. The molecule has 3 aromatic rings. The zero-order chi connectivity index (χ0) is 15.5. The molecule has 0 bridgehead atoms. The van der Waals surface area contributed by atoms with Crippen LogP contribution in [0.2, 0.25) is 10.0 Å². The molecule has 110 valence electrons. The van der Waals surface area contributed by atoms with Gasteiger partial charge in [-0.1, -0.05) is 47.5 Å². The first-order valence-corrected chi connectivity index (χ1v) is 7.48. The highest BCUT2D eigenvalue weighted by Crippen LogP contribution is 2.30. The summed E-state index contributed by atoms with van der Waals surface area (Å²) in [5.41, 5.74) is 4.14. The lowest BCUT2D eigenvalue weighted by atomic mass is 9.96. The Morgan fingerprint density at radius 3 is 1.77 bits per heavy atom. The number of benzene rings is 2. The van der Waals surface area contributed by atoms with Gasteiger partial charge in [-0.25, -0.2) is 9.67 Å². The van der Waals surface area contributed by atoms with Crippen LogP contribution in [0.25, 0.3) is 11.3 Å². The van der Waals surface area contributed by atoms with Crippen molar-refractivity contribution in [2.24, 2.45) is 0 Å². The minimum absolute atomic E-state index is 0.706. The Labute approximate surface area is 138 Å². The predicted octanol–water partition coefficient (Wildman–Crippen LogP) is 5.02. The average molecular weight is 330 g/mol. The van der Waals surface area contributed by atoms with Gasteiger partial charge in [-0.3, -0.25) is 0 Å². The Balaban J connectivity index is 2.20. The first-order valence-electron chi connectivity index (χ1n) is 6.73. The molecule has 1 aromatic heterocycles. The SMILES string of the molecule is CC(=C(c1ccc(Cl)cc1)c1ccc(Cl)cc1)n1cncn1. The molecule has 0 atom stereocenters. The smallest absolute Gasteiger partial charge is 0.138 e. The zero-order valence-electron chi connectivity index (χ0n) is 11.9. The van der Waals surface area contributed by atoms with Crippen LogP contribution in [-0.2, 0) is 0 Å². The summed E-state index contributed by atoms with van der Waals surface area (Å²) in [6.45, 7) is 2.01. The molecule has 0 aliphatic carbocycles. The molecule has 3 rings (SSSR count). The van der Waals surface area contributed by atoms with Gasteiger partial charge in [0, 0.05) is 21.3 Å². The van der Waals surface area contributed by atoms with Crippen molar-refractivity contribution in [3.05, 3.63) is 82.4 Å². The topological polar surface area (TPSA) is 30.7 Å². The lowest BCUT2D eigenvalue weighted by Gasteiger charge is -2.13. The van der Waals surface area contributed by atoms with E-state index >= 15 is 0 Å². The summed E-state index contributed by atoms with van der Waals surface area (Å²) in [5, 5.41) is 5.63. The van der Waals surface area contributed by atoms with E-state index in [1.807, 2.05) is 55.5 Å². The highest BCUT2D eigenvalue weighted by molar-refractivity contribution is 6.31. The summed E-state index contributed by atoms with van der Waals surface area (Å²) in [7, 11) is 0. The fourth-order valence-electron chi connectivity index (χ4n) is 2.31. The summed E-state index contributed by atoms with van der Waals surface area (Å²) >= 11 is 12.0. The van der Waals surface area contributed by atoms with Crippen LogP contribution in [0, 0.1) is 0 Å². The van der Waals surface area contributed by atoms with Crippen LogP contribution < -0.4 is 0 Å². The molecule has 5 heteroatoms. The van der Waals surface area contributed by atoms with Gasteiger partial charge in [0.1, 0.15) is 12.7 Å². The van der Waals surface area contributed by atoms with Crippen molar-refractivity contribution in [3.63, 3.8) is 0 Å². The first kappa shape index (κ1) is 14.8. The van der Waals surface area contributed by atoms with E-state index in [1.165, 1.54) is 6.33 Å². The summed E-state index contributed by atoms with van der Waals surface area (Å²) in [4.78, 5) is 4.02. The van der Waals surface area contributed by atoms with Crippen molar-refractivity contribution in [3.8, 4) is 0 Å². The van der Waals surface area contributed by atoms with E-state index in [0.717, 1.165) is 22.4 Å². The van der Waals surface area contributed by atoms with Crippen LogP contribution in [-0.4, -0.2) is 14.8 Å². The third-order valence-electron chi connectivity index (χ3n) is 3.39. The van der Waals surface area contributed by atoms with E-state index in [0.29, 0.717) is 10.0 Å². The number of hydrogen-bond donors (Lipinski definition) is 0. The van der Waals surface area contributed by atoms with Gasteiger partial charge in [0.05, 0.1) is 0 Å². The molecule has 3 nitrogen and oxygen atoms in total. The van der Waals surface area contributed by atoms with Gasteiger partial charge in [-0.15, -0.1) is 0 Å². The van der Waals surface area contributed by atoms with Crippen molar-refractivity contribution >= 4 is 34.5 Å². The summed E-state index contributed by atoms with van der Waals surface area (Å²) in [6.07, 6.45) is 3.20. The van der Waals surface area contributed by atoms with Crippen LogP contribution in [0.3, 0.4) is 0 Å². The Hall–Kier alpha value is -2.10. The molecule has 0 aliphatic rings. The lowest BCUT2D eigenvalue weighted by molar-refractivity contribution is 0.895. The van der Waals surface area contributed by atoms with Crippen LogP contribution in [0.1, 0.15) is 18.1 Å². The van der Waals surface area contributed by atoms with Crippen molar-refractivity contribution in [2.45, 2.75) is 6.92 Å². The number of rotatable bonds is 3. The minimum atomic E-state index is 0.706. The molecule has 2 aromatic carbocycles. The molecule has 0 fully saturated rings. The second-order valence-electron chi connectivity index (χ2n) is 4.81. The molecule has 22 heavy (non-hydrogen) atoms. The Kier molecular flexibility index (Phi) is 4.27. The lowest BCUT2D eigenvalue weighted by Crippen LogP contribution is -2.00. The molecule has 0 radical (unpaired) electrons. The second-order valence-corrected chi connectivity index (χ2v) is 5.69. The Morgan fingerprint density at radius 2 is 1.36 bits per heavy atom. The highest BCUT2D eigenvalue weighted by atomic mass is 35.5. The minimum Gasteiger partial charge on any atom is -0.225 e. The van der Waals surface area contributed by atoms with E-state index in [4.69, 9.17) is 23.2 Å². The molecule has 0 saturated carbocycles. The molecule has 0 aliphatic heterocycles. The number of halogens is 2. The number of hydrogen-bond acceptors (Lipinski definition) is 2. The molecule has 1 heterocycles. The van der Waals surface area contributed by atoms with E-state index < -0.39 is 0 Å². The maximum Gasteiger partial charge on any atom is 0.138 e. The second kappa shape index (κ2) is 6.34. The van der Waals surface area contributed by atoms with Gasteiger partial charge in [0.25, 0.3) is 0 Å². The monoisotopic (exact) mass is 329 g/mol. The fourth-order valence-corrected chi connectivity index (χ4v) is 2.57. The van der Waals surface area contributed by atoms with Crippen LogP contribution >= 0.6 is 23.2 Å². The van der Waals surface area contributed by atoms with Crippen LogP contribution in [0.4, 0.5) is 0 Å². The molecular formula is C17H13Cl2N3. The van der Waals surface area contributed by atoms with Gasteiger partial charge in [-0.2, -0.15) is 5.10 Å². The maximum atomic E-state index is 6.00.